The topological polar surface area (TPSA) is 49.2 Å². The van der Waals surface area contributed by atoms with Gasteiger partial charge in [0.15, 0.2) is 0 Å². The molecule has 27 heavy (non-hydrogen) atoms. The molecule has 0 aliphatic carbocycles. The highest BCUT2D eigenvalue weighted by molar-refractivity contribution is 5.60. The van der Waals surface area contributed by atoms with Gasteiger partial charge in [-0.3, -0.25) is 4.98 Å². The number of benzene rings is 2. The molecule has 1 N–H and O–H groups in total. The van der Waals surface area contributed by atoms with E-state index in [4.69, 9.17) is 0 Å². The van der Waals surface area contributed by atoms with Crippen molar-refractivity contribution in [2.24, 2.45) is 0 Å². The van der Waals surface area contributed by atoms with Gasteiger partial charge in [0, 0.05) is 18.7 Å². The van der Waals surface area contributed by atoms with E-state index in [0.29, 0.717) is 31.6 Å². The number of rotatable bonds is 3. The van der Waals surface area contributed by atoms with Crippen LogP contribution in [-0.4, -0.2) is 28.2 Å². The van der Waals surface area contributed by atoms with Crippen LogP contribution in [0.1, 0.15) is 18.4 Å². The van der Waals surface area contributed by atoms with Gasteiger partial charge in [-0.1, -0.05) is 12.1 Å². The lowest BCUT2D eigenvalue weighted by atomic mass is 9.84. The number of piperidine rings is 1. The average Bonchev–Trinajstić information content (AvgIpc) is 2.70. The van der Waals surface area contributed by atoms with Gasteiger partial charge in [0.1, 0.15) is 17.5 Å². The van der Waals surface area contributed by atoms with E-state index in [9.17, 15) is 13.9 Å². The average molecular weight is 367 g/mol. The summed E-state index contributed by atoms with van der Waals surface area (Å²) in [5.74, 6) is 0.115. The quantitative estimate of drug-likeness (QED) is 0.763. The molecule has 0 unspecified atom stereocenters. The monoisotopic (exact) mass is 367 g/mol. The Hall–Kier alpha value is -2.86. The van der Waals surface area contributed by atoms with Gasteiger partial charge in [0.25, 0.3) is 0 Å². The Balaban J connectivity index is 1.50. The van der Waals surface area contributed by atoms with Crippen LogP contribution < -0.4 is 4.90 Å². The second kappa shape index (κ2) is 7.04. The van der Waals surface area contributed by atoms with Crippen molar-refractivity contribution in [1.82, 2.24) is 9.97 Å². The molecule has 138 valence electrons. The third-order valence-electron chi connectivity index (χ3n) is 5.06. The third-order valence-corrected chi connectivity index (χ3v) is 5.06. The number of aromatic nitrogens is 2. The van der Waals surface area contributed by atoms with Gasteiger partial charge in [-0.15, -0.1) is 0 Å². The number of aliphatic hydroxyl groups is 1. The molecule has 0 atom stereocenters. The molecule has 4 nitrogen and oxygen atoms in total. The Morgan fingerprint density at radius 3 is 2.07 bits per heavy atom. The number of anilines is 1. The molecule has 6 heteroatoms. The minimum atomic E-state index is -0.966. The van der Waals surface area contributed by atoms with Crippen LogP contribution in [0.4, 0.5) is 14.6 Å². The molecule has 1 aromatic heterocycles. The van der Waals surface area contributed by atoms with E-state index in [0.717, 1.165) is 16.9 Å². The van der Waals surface area contributed by atoms with E-state index in [1.54, 1.807) is 36.7 Å². The van der Waals surface area contributed by atoms with Crippen molar-refractivity contribution in [3.63, 3.8) is 0 Å². The highest BCUT2D eigenvalue weighted by atomic mass is 19.1. The zero-order chi connectivity index (χ0) is 18.9. The molecule has 2 aromatic carbocycles. The molecule has 0 spiro atoms. The van der Waals surface area contributed by atoms with Crippen LogP contribution in [0.3, 0.4) is 0 Å². The fraction of sp³-hybridized carbons (Fsp3) is 0.238. The van der Waals surface area contributed by atoms with Crippen LogP contribution in [0, 0.1) is 11.6 Å². The number of hydrogen-bond donors (Lipinski definition) is 1. The first-order valence-electron chi connectivity index (χ1n) is 8.85. The largest absolute Gasteiger partial charge is 0.385 e. The number of hydrogen-bond acceptors (Lipinski definition) is 4. The van der Waals surface area contributed by atoms with Gasteiger partial charge in [0.05, 0.1) is 23.7 Å². The first-order chi connectivity index (χ1) is 13.0. The summed E-state index contributed by atoms with van der Waals surface area (Å²) in [5.41, 5.74) is 1.23. The van der Waals surface area contributed by atoms with E-state index in [1.807, 2.05) is 0 Å². The van der Waals surface area contributed by atoms with E-state index >= 15 is 0 Å². The Bertz CT molecular complexity index is 921. The van der Waals surface area contributed by atoms with Crippen LogP contribution in [0.25, 0.3) is 11.3 Å². The van der Waals surface area contributed by atoms with Crippen LogP contribution >= 0.6 is 0 Å². The smallest absolute Gasteiger partial charge is 0.147 e. The molecule has 1 aliphatic rings. The van der Waals surface area contributed by atoms with E-state index < -0.39 is 5.60 Å². The fourth-order valence-electron chi connectivity index (χ4n) is 3.42. The molecule has 2 heterocycles. The van der Waals surface area contributed by atoms with Gasteiger partial charge in [-0.2, -0.15) is 0 Å². The van der Waals surface area contributed by atoms with Gasteiger partial charge in [-0.05, 0) is 54.8 Å². The van der Waals surface area contributed by atoms with Gasteiger partial charge in [0.2, 0.25) is 0 Å². The highest BCUT2D eigenvalue weighted by Crippen LogP contribution is 2.34. The third kappa shape index (κ3) is 3.66. The highest BCUT2D eigenvalue weighted by Gasteiger charge is 2.34. The zero-order valence-corrected chi connectivity index (χ0v) is 14.6. The van der Waals surface area contributed by atoms with Gasteiger partial charge in [-0.25, -0.2) is 13.8 Å². The zero-order valence-electron chi connectivity index (χ0n) is 14.6. The predicted molar refractivity (Wildman–Crippen MR) is 99.2 cm³/mol. The Kier molecular flexibility index (Phi) is 4.58. The molecular weight excluding hydrogens is 348 g/mol. The first-order valence-corrected chi connectivity index (χ1v) is 8.85. The Morgan fingerprint density at radius 2 is 1.44 bits per heavy atom. The summed E-state index contributed by atoms with van der Waals surface area (Å²) in [6.07, 6.45) is 4.37. The van der Waals surface area contributed by atoms with Crippen LogP contribution in [-0.2, 0) is 5.60 Å². The van der Waals surface area contributed by atoms with Crippen molar-refractivity contribution >= 4 is 5.82 Å². The second-order valence-corrected chi connectivity index (χ2v) is 6.79. The summed E-state index contributed by atoms with van der Waals surface area (Å²) in [6, 6.07) is 12.2. The summed E-state index contributed by atoms with van der Waals surface area (Å²) in [4.78, 5) is 11.0. The fourth-order valence-corrected chi connectivity index (χ4v) is 3.42. The summed E-state index contributed by atoms with van der Waals surface area (Å²) in [7, 11) is 0. The van der Waals surface area contributed by atoms with Crippen molar-refractivity contribution in [1.29, 1.82) is 0 Å². The molecule has 1 saturated heterocycles. The van der Waals surface area contributed by atoms with E-state index in [2.05, 4.69) is 14.9 Å². The SMILES string of the molecule is OC1(c2ccc(F)cc2)CCN(c2cncc(-c3ccc(F)cc3)n2)CC1. The summed E-state index contributed by atoms with van der Waals surface area (Å²) in [6.45, 7) is 1.21. The van der Waals surface area contributed by atoms with Crippen molar-refractivity contribution in [2.45, 2.75) is 18.4 Å². The minimum absolute atomic E-state index is 0.293. The van der Waals surface area contributed by atoms with Crippen molar-refractivity contribution in [2.75, 3.05) is 18.0 Å². The van der Waals surface area contributed by atoms with Crippen molar-refractivity contribution in [3.8, 4) is 11.3 Å². The lowest BCUT2D eigenvalue weighted by Crippen LogP contribution is -2.43. The van der Waals surface area contributed by atoms with E-state index in [-0.39, 0.29) is 11.6 Å². The minimum Gasteiger partial charge on any atom is -0.385 e. The van der Waals surface area contributed by atoms with Crippen molar-refractivity contribution in [3.05, 3.63) is 78.1 Å². The summed E-state index contributed by atoms with van der Waals surface area (Å²) in [5, 5.41) is 10.9. The van der Waals surface area contributed by atoms with Crippen molar-refractivity contribution < 1.29 is 13.9 Å². The maximum atomic E-state index is 13.1. The molecular formula is C21H19F2N3O. The summed E-state index contributed by atoms with van der Waals surface area (Å²) < 4.78 is 26.3. The van der Waals surface area contributed by atoms with Crippen LogP contribution in [0.2, 0.25) is 0 Å². The maximum Gasteiger partial charge on any atom is 0.147 e. The van der Waals surface area contributed by atoms with E-state index in [1.165, 1.54) is 24.3 Å². The van der Waals surface area contributed by atoms with Crippen LogP contribution in [0.15, 0.2) is 60.9 Å². The molecule has 0 radical (unpaired) electrons. The Morgan fingerprint density at radius 1 is 0.852 bits per heavy atom. The number of halogens is 2. The molecule has 0 bridgehead atoms. The number of nitrogens with zero attached hydrogens (tertiary/aromatic N) is 3. The molecule has 0 saturated carbocycles. The molecule has 1 fully saturated rings. The van der Waals surface area contributed by atoms with Crippen LogP contribution in [0.5, 0.6) is 0 Å². The second-order valence-electron chi connectivity index (χ2n) is 6.79. The molecule has 1 aliphatic heterocycles. The Labute approximate surface area is 156 Å². The first kappa shape index (κ1) is 17.5. The summed E-state index contributed by atoms with van der Waals surface area (Å²) >= 11 is 0. The molecule has 4 rings (SSSR count). The molecule has 3 aromatic rings. The predicted octanol–water partition coefficient (Wildman–Crippen LogP) is 3.91. The molecule has 0 amide bonds. The lowest BCUT2D eigenvalue weighted by molar-refractivity contribution is 0.0116. The maximum absolute atomic E-state index is 13.1. The normalized spacial score (nSPS) is 16.3. The van der Waals surface area contributed by atoms with Gasteiger partial charge < -0.3 is 10.0 Å². The standard InChI is InChI=1S/C21H19F2N3O/c22-17-5-1-15(2-6-17)19-13-24-14-20(25-19)26-11-9-21(27,10-12-26)16-3-7-18(23)8-4-16/h1-8,13-14,27H,9-12H2. The lowest BCUT2D eigenvalue weighted by Gasteiger charge is -2.39. The van der Waals surface area contributed by atoms with Gasteiger partial charge >= 0.3 is 0 Å².